The van der Waals surface area contributed by atoms with Gasteiger partial charge in [-0.1, -0.05) is 24.6 Å². The Hall–Kier alpha value is -3.65. The van der Waals surface area contributed by atoms with Gasteiger partial charge in [-0.3, -0.25) is 9.59 Å². The standard InChI is InChI=1S/C29H32N2O5S/c1-5-35-29(34)26-22-12-6-18(3)15-24(22)37-28(26)31-25(32)16-36-21-10-8-20(9-11-21)27(33)30-23-13-7-17(2)14-19(23)4/h7-11,13-14,18H,5-6,12,15-16H2,1-4H3,(H,30,33)(H,31,32). The van der Waals surface area contributed by atoms with Crippen LogP contribution in [0.3, 0.4) is 0 Å². The van der Waals surface area contributed by atoms with Gasteiger partial charge in [-0.15, -0.1) is 11.3 Å². The van der Waals surface area contributed by atoms with Gasteiger partial charge in [0.05, 0.1) is 12.2 Å². The van der Waals surface area contributed by atoms with E-state index >= 15 is 0 Å². The summed E-state index contributed by atoms with van der Waals surface area (Å²) in [4.78, 5) is 39.1. The smallest absolute Gasteiger partial charge is 0.341 e. The second-order valence-electron chi connectivity index (χ2n) is 9.41. The fraction of sp³-hybridized carbons (Fsp3) is 0.345. The summed E-state index contributed by atoms with van der Waals surface area (Å²) in [5, 5.41) is 6.28. The molecule has 1 heterocycles. The number of hydrogen-bond donors (Lipinski definition) is 2. The van der Waals surface area contributed by atoms with Crippen molar-refractivity contribution in [2.24, 2.45) is 5.92 Å². The molecule has 194 valence electrons. The van der Waals surface area contributed by atoms with E-state index in [1.54, 1.807) is 31.2 Å². The van der Waals surface area contributed by atoms with E-state index in [0.29, 0.717) is 27.8 Å². The lowest BCUT2D eigenvalue weighted by molar-refractivity contribution is -0.118. The molecule has 4 rings (SSSR count). The van der Waals surface area contributed by atoms with Crippen LogP contribution < -0.4 is 15.4 Å². The largest absolute Gasteiger partial charge is 0.484 e. The van der Waals surface area contributed by atoms with Crippen LogP contribution in [0.1, 0.15) is 62.6 Å². The van der Waals surface area contributed by atoms with Gasteiger partial charge >= 0.3 is 5.97 Å². The Labute approximate surface area is 221 Å². The van der Waals surface area contributed by atoms with Crippen LogP contribution in [0.4, 0.5) is 10.7 Å². The first-order valence-electron chi connectivity index (χ1n) is 12.5. The number of anilines is 2. The van der Waals surface area contributed by atoms with Crippen LogP contribution >= 0.6 is 11.3 Å². The van der Waals surface area contributed by atoms with Crippen molar-refractivity contribution in [3.05, 3.63) is 75.2 Å². The molecule has 2 amide bonds. The van der Waals surface area contributed by atoms with Gasteiger partial charge in [-0.05, 0) is 87.4 Å². The van der Waals surface area contributed by atoms with Crippen molar-refractivity contribution < 1.29 is 23.9 Å². The highest BCUT2D eigenvalue weighted by Crippen LogP contribution is 2.40. The summed E-state index contributed by atoms with van der Waals surface area (Å²) >= 11 is 1.44. The maximum absolute atomic E-state index is 12.7. The molecule has 0 radical (unpaired) electrons. The Balaban J connectivity index is 1.37. The predicted molar refractivity (Wildman–Crippen MR) is 146 cm³/mol. The van der Waals surface area contributed by atoms with Crippen molar-refractivity contribution in [2.75, 3.05) is 23.8 Å². The molecule has 8 heteroatoms. The number of carbonyl (C=O) groups is 3. The summed E-state index contributed by atoms with van der Waals surface area (Å²) in [6.07, 6.45) is 2.70. The summed E-state index contributed by atoms with van der Waals surface area (Å²) in [6.45, 7) is 7.96. The molecule has 0 aliphatic heterocycles. The van der Waals surface area contributed by atoms with Crippen molar-refractivity contribution in [3.63, 3.8) is 0 Å². The molecule has 1 aliphatic carbocycles. The molecule has 7 nitrogen and oxygen atoms in total. The maximum atomic E-state index is 12.7. The minimum absolute atomic E-state index is 0.223. The third kappa shape index (κ3) is 6.38. The van der Waals surface area contributed by atoms with Crippen molar-refractivity contribution in [1.82, 2.24) is 0 Å². The minimum atomic E-state index is -0.402. The average Bonchev–Trinajstić information content (AvgIpc) is 3.21. The van der Waals surface area contributed by atoms with Gasteiger partial charge < -0.3 is 20.1 Å². The molecule has 0 saturated heterocycles. The molecule has 0 fully saturated rings. The molecular formula is C29H32N2O5S. The number of aryl methyl sites for hydroxylation is 2. The van der Waals surface area contributed by atoms with Crippen molar-refractivity contribution >= 4 is 39.8 Å². The lowest BCUT2D eigenvalue weighted by atomic mass is 9.88. The second-order valence-corrected chi connectivity index (χ2v) is 10.5. The molecule has 0 bridgehead atoms. The molecule has 1 aromatic heterocycles. The number of esters is 1. The Morgan fingerprint density at radius 1 is 1.05 bits per heavy atom. The Bertz CT molecular complexity index is 1310. The highest BCUT2D eigenvalue weighted by atomic mass is 32.1. The van der Waals surface area contributed by atoms with Gasteiger partial charge in [0, 0.05) is 16.1 Å². The first-order valence-corrected chi connectivity index (χ1v) is 13.3. The highest BCUT2D eigenvalue weighted by molar-refractivity contribution is 7.17. The number of carbonyl (C=O) groups excluding carboxylic acids is 3. The lowest BCUT2D eigenvalue weighted by Gasteiger charge is -2.18. The number of thiophene rings is 1. The first-order chi connectivity index (χ1) is 17.7. The van der Waals surface area contributed by atoms with Gasteiger partial charge in [-0.25, -0.2) is 4.79 Å². The summed E-state index contributed by atoms with van der Waals surface area (Å²) < 4.78 is 10.9. The number of ether oxygens (including phenoxy) is 2. The van der Waals surface area contributed by atoms with E-state index in [9.17, 15) is 14.4 Å². The molecule has 1 unspecified atom stereocenters. The fourth-order valence-corrected chi connectivity index (χ4v) is 5.84. The summed E-state index contributed by atoms with van der Waals surface area (Å²) in [7, 11) is 0. The number of rotatable bonds is 8. The summed E-state index contributed by atoms with van der Waals surface area (Å²) in [5.41, 5.74) is 4.83. The molecular weight excluding hydrogens is 488 g/mol. The van der Waals surface area contributed by atoms with Gasteiger partial charge in [-0.2, -0.15) is 0 Å². The highest BCUT2D eigenvalue weighted by Gasteiger charge is 2.29. The van der Waals surface area contributed by atoms with E-state index in [1.165, 1.54) is 11.3 Å². The van der Waals surface area contributed by atoms with E-state index < -0.39 is 5.97 Å². The number of hydrogen-bond acceptors (Lipinski definition) is 6. The number of amides is 2. The average molecular weight is 521 g/mol. The number of benzene rings is 2. The Kier molecular flexibility index (Phi) is 8.28. The van der Waals surface area contributed by atoms with E-state index in [4.69, 9.17) is 9.47 Å². The van der Waals surface area contributed by atoms with Crippen LogP contribution in [0.2, 0.25) is 0 Å². The Morgan fingerprint density at radius 3 is 2.51 bits per heavy atom. The van der Waals surface area contributed by atoms with E-state index in [0.717, 1.165) is 46.5 Å². The molecule has 0 spiro atoms. The van der Waals surface area contributed by atoms with Crippen molar-refractivity contribution in [2.45, 2.75) is 47.0 Å². The summed E-state index contributed by atoms with van der Waals surface area (Å²) in [5.74, 6) is 0.00947. The molecule has 3 aromatic rings. The first kappa shape index (κ1) is 26.4. The molecule has 1 aliphatic rings. The van der Waals surface area contributed by atoms with E-state index in [-0.39, 0.29) is 25.0 Å². The number of fused-ring (bicyclic) bond motifs is 1. The third-order valence-corrected chi connectivity index (χ3v) is 7.53. The minimum Gasteiger partial charge on any atom is -0.484 e. The molecule has 0 saturated carbocycles. The number of nitrogens with one attached hydrogen (secondary N) is 2. The van der Waals surface area contributed by atoms with Crippen molar-refractivity contribution in [1.29, 1.82) is 0 Å². The van der Waals surface area contributed by atoms with E-state index in [2.05, 4.69) is 17.6 Å². The quantitative estimate of drug-likeness (QED) is 0.359. The molecule has 2 aromatic carbocycles. The van der Waals surface area contributed by atoms with Gasteiger partial charge in [0.15, 0.2) is 6.61 Å². The van der Waals surface area contributed by atoms with Crippen LogP contribution in [-0.4, -0.2) is 31.0 Å². The van der Waals surface area contributed by atoms with Gasteiger partial charge in [0.2, 0.25) is 0 Å². The fourth-order valence-electron chi connectivity index (χ4n) is 4.42. The van der Waals surface area contributed by atoms with Crippen LogP contribution in [0.5, 0.6) is 5.75 Å². The van der Waals surface area contributed by atoms with Crippen molar-refractivity contribution in [3.8, 4) is 5.75 Å². The lowest BCUT2D eigenvalue weighted by Crippen LogP contribution is -2.21. The molecule has 2 N–H and O–H groups in total. The topological polar surface area (TPSA) is 93.7 Å². The van der Waals surface area contributed by atoms with Gasteiger partial charge in [0.25, 0.3) is 11.8 Å². The Morgan fingerprint density at radius 2 is 1.81 bits per heavy atom. The second kappa shape index (κ2) is 11.6. The van der Waals surface area contributed by atoms with Crippen LogP contribution in [0.15, 0.2) is 42.5 Å². The van der Waals surface area contributed by atoms with Crippen LogP contribution in [-0.2, 0) is 22.4 Å². The zero-order chi connectivity index (χ0) is 26.5. The molecule has 37 heavy (non-hydrogen) atoms. The normalized spacial score (nSPS) is 14.4. The van der Waals surface area contributed by atoms with Crippen LogP contribution in [0.25, 0.3) is 0 Å². The maximum Gasteiger partial charge on any atom is 0.341 e. The SMILES string of the molecule is CCOC(=O)c1c(NC(=O)COc2ccc(C(=O)Nc3ccc(C)cc3C)cc2)sc2c1CCC(C)C2. The zero-order valence-corrected chi connectivity index (χ0v) is 22.4. The predicted octanol–water partition coefficient (Wildman–Crippen LogP) is 5.94. The van der Waals surface area contributed by atoms with Crippen LogP contribution in [0, 0.1) is 19.8 Å². The van der Waals surface area contributed by atoms with E-state index in [1.807, 2.05) is 32.0 Å². The molecule has 1 atom stereocenters. The van der Waals surface area contributed by atoms with Gasteiger partial charge in [0.1, 0.15) is 10.8 Å². The zero-order valence-electron chi connectivity index (χ0n) is 21.6. The summed E-state index contributed by atoms with van der Waals surface area (Å²) in [6, 6.07) is 12.5. The third-order valence-electron chi connectivity index (χ3n) is 6.36. The monoisotopic (exact) mass is 520 g/mol.